The topological polar surface area (TPSA) is 314 Å². The van der Waals surface area contributed by atoms with Crippen molar-refractivity contribution >= 4 is 85.3 Å². The van der Waals surface area contributed by atoms with Gasteiger partial charge < -0.3 is 16.1 Å². The molecule has 0 bridgehead atoms. The number of rotatable bonds is 2. The van der Waals surface area contributed by atoms with Gasteiger partial charge in [0.15, 0.2) is 0 Å². The molecule has 0 radical (unpaired) electrons. The van der Waals surface area contributed by atoms with Gasteiger partial charge in [-0.05, 0) is 83.6 Å². The lowest BCUT2D eigenvalue weighted by Gasteiger charge is -2.35. The van der Waals surface area contributed by atoms with Gasteiger partial charge in [0, 0.05) is 94.1 Å². The van der Waals surface area contributed by atoms with Crippen LogP contribution in [0.25, 0.3) is 0 Å². The Kier molecular flexibility index (Phi) is 24.3. The molecular formula is C40H56Cl2N4O15S6. The highest BCUT2D eigenvalue weighted by Crippen LogP contribution is 2.39. The molecule has 2 fully saturated rings. The zero-order chi connectivity index (χ0) is 49.6. The molecule has 4 aromatic rings. The smallest absolute Gasteiger partial charge is 0.261 e. The van der Waals surface area contributed by atoms with E-state index in [1.54, 1.807) is 0 Å². The molecule has 0 spiro atoms. The van der Waals surface area contributed by atoms with Crippen molar-refractivity contribution in [2.45, 2.75) is 44.5 Å². The van der Waals surface area contributed by atoms with Crippen LogP contribution in [-0.2, 0) is 74.9 Å². The summed E-state index contributed by atoms with van der Waals surface area (Å²) in [5.74, 6) is 0. The van der Waals surface area contributed by atoms with Crippen LogP contribution in [0.3, 0.4) is 0 Å². The fourth-order valence-electron chi connectivity index (χ4n) is 7.14. The van der Waals surface area contributed by atoms with E-state index in [0.29, 0.717) is 35.1 Å². The first-order valence-corrected chi connectivity index (χ1v) is 30.1. The lowest BCUT2D eigenvalue weighted by Crippen LogP contribution is -2.45. The summed E-state index contributed by atoms with van der Waals surface area (Å²) in [4.78, 5) is 8.69. The number of nitrogens with zero attached hydrogens (tertiary/aromatic N) is 2. The number of nitrogens with one attached hydrogen (secondary N) is 2. The predicted molar refractivity (Wildman–Crippen MR) is 260 cm³/mol. The summed E-state index contributed by atoms with van der Waals surface area (Å²) in [6.45, 7) is 8.08. The Balaban J connectivity index is 0.000000326. The lowest BCUT2D eigenvalue weighted by molar-refractivity contribution is 0.170. The summed E-state index contributed by atoms with van der Waals surface area (Å²) in [5.41, 5.74) is 4.60. The highest BCUT2D eigenvalue weighted by molar-refractivity contribution is 7.86. The van der Waals surface area contributed by atoms with Crippen LogP contribution in [0, 0.1) is 0 Å². The highest BCUT2D eigenvalue weighted by atomic mass is 35.5. The Labute approximate surface area is 407 Å². The molecule has 19 nitrogen and oxygen atoms in total. The lowest BCUT2D eigenvalue weighted by atomic mass is 9.97. The average Bonchev–Trinajstić information content (AvgIpc) is 3.40. The van der Waals surface area contributed by atoms with E-state index in [1.807, 2.05) is 72.8 Å². The first-order chi connectivity index (χ1) is 30.5. The molecule has 4 aliphatic heterocycles. The van der Waals surface area contributed by atoms with Gasteiger partial charge in [-0.15, -0.1) is 0 Å². The third-order valence-electron chi connectivity index (χ3n) is 9.41. The Bertz CT molecular complexity index is 2490. The first kappa shape index (κ1) is 60.3. The third-order valence-corrected chi connectivity index (χ3v) is 13.0. The van der Waals surface area contributed by atoms with Gasteiger partial charge in [-0.3, -0.25) is 28.0 Å². The molecule has 4 aromatic carbocycles. The van der Waals surface area contributed by atoms with Crippen LogP contribution in [0.1, 0.15) is 34.3 Å². The zero-order valence-corrected chi connectivity index (χ0v) is 43.2. The molecule has 376 valence electrons. The molecule has 0 amide bonds. The number of piperazine rings is 2. The average molecular weight is 1100 g/mol. The van der Waals surface area contributed by atoms with Gasteiger partial charge in [-0.2, -0.15) is 33.7 Å². The summed E-state index contributed by atoms with van der Waals surface area (Å²) < 4.78 is 130. The molecule has 4 heterocycles. The highest BCUT2D eigenvalue weighted by Gasteiger charge is 2.32. The third kappa shape index (κ3) is 23.1. The van der Waals surface area contributed by atoms with Crippen molar-refractivity contribution in [1.29, 1.82) is 0 Å². The fourth-order valence-corrected chi connectivity index (χ4v) is 10.4. The molecule has 2 saturated heterocycles. The minimum atomic E-state index is -3.67. The van der Waals surface area contributed by atoms with Crippen molar-refractivity contribution in [1.82, 2.24) is 20.4 Å². The van der Waals surface area contributed by atoms with E-state index in [0.717, 1.165) is 95.9 Å². The quantitative estimate of drug-likeness (QED) is 0.157. The van der Waals surface area contributed by atoms with E-state index in [2.05, 4.69) is 32.6 Å². The van der Waals surface area contributed by atoms with Crippen LogP contribution in [0.2, 0.25) is 10.0 Å². The summed E-state index contributed by atoms with van der Waals surface area (Å²) in [7, 11) is -17.0. The van der Waals surface area contributed by atoms with Crippen molar-refractivity contribution in [3.63, 3.8) is 0 Å². The molecule has 27 heteroatoms. The second-order valence-electron chi connectivity index (χ2n) is 15.1. The minimum Gasteiger partial charge on any atom is -0.412 e. The minimum absolute atomic E-state index is 0. The van der Waals surface area contributed by atoms with Gasteiger partial charge >= 0.3 is 0 Å². The van der Waals surface area contributed by atoms with Crippen molar-refractivity contribution in [3.8, 4) is 0 Å². The fraction of sp³-hybridized carbons (Fsp3) is 0.400. The molecule has 67 heavy (non-hydrogen) atoms. The zero-order valence-electron chi connectivity index (χ0n) is 36.8. The van der Waals surface area contributed by atoms with E-state index in [4.69, 9.17) is 41.4 Å². The van der Waals surface area contributed by atoms with Gasteiger partial charge in [-0.25, -0.2) is 8.42 Å². The molecule has 8 N–H and O–H groups in total. The maximum atomic E-state index is 13.1. The SMILES string of the molecule is CS(=O)(=O)O.CS(=O)(=O)O.CS(=O)(=O)O.CS(=O)(=O)O.O.O=S1c2ccc(Cl)cc2CC(N2CCNCC2)c2ccccc21.O=S1c2ccc(Cl)cc2CC(N2CCNCC2)c2ccccc21. The Hall–Kier alpha value is -2.80. The molecule has 4 aliphatic rings. The monoisotopic (exact) mass is 1090 g/mol. The largest absolute Gasteiger partial charge is 0.412 e. The van der Waals surface area contributed by atoms with Gasteiger partial charge in [0.1, 0.15) is 0 Å². The van der Waals surface area contributed by atoms with Crippen LogP contribution >= 0.6 is 23.2 Å². The van der Waals surface area contributed by atoms with Gasteiger partial charge in [-0.1, -0.05) is 59.6 Å². The van der Waals surface area contributed by atoms with Crippen molar-refractivity contribution in [2.24, 2.45) is 0 Å². The second kappa shape index (κ2) is 27.0. The summed E-state index contributed by atoms with van der Waals surface area (Å²) in [6.07, 6.45) is 4.58. The second-order valence-corrected chi connectivity index (χ2v) is 24.6. The van der Waals surface area contributed by atoms with E-state index in [9.17, 15) is 42.1 Å². The molecule has 0 aromatic heterocycles. The Morgan fingerprint density at radius 2 is 0.761 bits per heavy atom. The number of halogens is 2. The molecule has 0 aliphatic carbocycles. The number of fused-ring (bicyclic) bond motifs is 4. The molecular weight excluding hydrogens is 1040 g/mol. The van der Waals surface area contributed by atoms with Crippen LogP contribution in [0.5, 0.6) is 0 Å². The van der Waals surface area contributed by atoms with Crippen LogP contribution < -0.4 is 10.6 Å². The molecule has 0 saturated carbocycles. The van der Waals surface area contributed by atoms with E-state index >= 15 is 0 Å². The molecule has 4 unspecified atom stereocenters. The Morgan fingerprint density at radius 1 is 0.493 bits per heavy atom. The van der Waals surface area contributed by atoms with Gasteiger partial charge in [0.2, 0.25) is 0 Å². The van der Waals surface area contributed by atoms with Crippen molar-refractivity contribution in [3.05, 3.63) is 117 Å². The molecule has 8 rings (SSSR count). The Morgan fingerprint density at radius 3 is 1.04 bits per heavy atom. The summed E-state index contributed by atoms with van der Waals surface area (Å²) >= 11 is 12.4. The first-order valence-electron chi connectivity index (χ1n) is 19.7. The van der Waals surface area contributed by atoms with E-state index < -0.39 is 62.1 Å². The number of hydrogen-bond acceptors (Lipinski definition) is 14. The molecule has 4 atom stereocenters. The number of hydrogen-bond donors (Lipinski definition) is 6. The summed E-state index contributed by atoms with van der Waals surface area (Å²) in [6, 6.07) is 28.3. The predicted octanol–water partition coefficient (Wildman–Crippen LogP) is 3.21. The van der Waals surface area contributed by atoms with Gasteiger partial charge in [0.25, 0.3) is 40.5 Å². The summed E-state index contributed by atoms with van der Waals surface area (Å²) in [5, 5.41) is 8.24. The normalized spacial score (nSPS) is 20.3. The maximum absolute atomic E-state index is 13.1. The van der Waals surface area contributed by atoms with E-state index in [-0.39, 0.29) is 17.6 Å². The van der Waals surface area contributed by atoms with Crippen LogP contribution in [0.15, 0.2) is 105 Å². The number of benzene rings is 4. The van der Waals surface area contributed by atoms with Crippen LogP contribution in [-0.4, -0.2) is 153 Å². The van der Waals surface area contributed by atoms with Crippen molar-refractivity contribution in [2.75, 3.05) is 77.4 Å². The standard InChI is InChI=1S/2C18H19ClN2OS.4CH4O3S.H2O/c2*19-14-5-6-17-13(11-14)12-16(21-9-7-20-8-10-21)15-3-1-2-4-18(15)23(17)22;4*1-5(2,3)4;/h2*1-6,11,16,20H,7-10,12H2;4*1H3,(H,2,3,4);1H2. The van der Waals surface area contributed by atoms with Gasteiger partial charge in [0.05, 0.1) is 46.6 Å². The maximum Gasteiger partial charge on any atom is 0.261 e. The van der Waals surface area contributed by atoms with Crippen LogP contribution in [0.4, 0.5) is 0 Å². The van der Waals surface area contributed by atoms with E-state index in [1.165, 1.54) is 11.1 Å². The van der Waals surface area contributed by atoms with Crippen molar-refractivity contribution < 1.29 is 65.8 Å².